The quantitative estimate of drug-likeness (QED) is 0.364. The fourth-order valence-electron chi connectivity index (χ4n) is 4.49. The van der Waals surface area contributed by atoms with Gasteiger partial charge in [-0.1, -0.05) is 41.7 Å². The lowest BCUT2D eigenvalue weighted by molar-refractivity contribution is -0.114. The molecule has 2 heterocycles. The number of anilines is 1. The molecule has 0 unspecified atom stereocenters. The maximum absolute atomic E-state index is 13.3. The number of rotatable bonds is 6. The monoisotopic (exact) mass is 546 g/mol. The van der Waals surface area contributed by atoms with Crippen molar-refractivity contribution < 1.29 is 18.0 Å². The van der Waals surface area contributed by atoms with E-state index in [1.54, 1.807) is 12.1 Å². The van der Waals surface area contributed by atoms with E-state index >= 15 is 0 Å². The fraction of sp³-hybridized carbons (Fsp3) is 0.179. The first kappa shape index (κ1) is 25.8. The molecular weight excluding hydrogens is 520 g/mol. The van der Waals surface area contributed by atoms with Gasteiger partial charge in [-0.2, -0.15) is 9.30 Å². The van der Waals surface area contributed by atoms with E-state index in [9.17, 15) is 18.0 Å². The minimum Gasteiger partial charge on any atom is -0.326 e. The smallest absolute Gasteiger partial charge is 0.279 e. The first-order valence-electron chi connectivity index (χ1n) is 12.0. The number of carbonyl (C=O) groups excluding carboxylic acids is 2. The van der Waals surface area contributed by atoms with E-state index in [0.29, 0.717) is 36.5 Å². The molecule has 194 valence electrons. The molecule has 0 bridgehead atoms. The molecule has 1 aliphatic rings. The summed E-state index contributed by atoms with van der Waals surface area (Å²) >= 11 is 1.32. The highest BCUT2D eigenvalue weighted by atomic mass is 32.2. The van der Waals surface area contributed by atoms with Crippen LogP contribution in [-0.2, 0) is 34.3 Å². The number of hydrogen-bond donors (Lipinski definition) is 1. The van der Waals surface area contributed by atoms with Crippen molar-refractivity contribution in [1.82, 2.24) is 8.87 Å². The van der Waals surface area contributed by atoms with E-state index < -0.39 is 15.9 Å². The van der Waals surface area contributed by atoms with Gasteiger partial charge in [-0.25, -0.2) is 8.42 Å². The van der Waals surface area contributed by atoms with Gasteiger partial charge >= 0.3 is 0 Å². The van der Waals surface area contributed by atoms with Crippen LogP contribution in [0.4, 0.5) is 5.69 Å². The van der Waals surface area contributed by atoms with Crippen LogP contribution in [0.5, 0.6) is 0 Å². The van der Waals surface area contributed by atoms with Crippen molar-refractivity contribution in [3.63, 3.8) is 0 Å². The summed E-state index contributed by atoms with van der Waals surface area (Å²) in [6.07, 6.45) is 2.38. The van der Waals surface area contributed by atoms with Crippen molar-refractivity contribution in [1.29, 1.82) is 0 Å². The van der Waals surface area contributed by atoms with Gasteiger partial charge < -0.3 is 9.88 Å². The van der Waals surface area contributed by atoms with Crippen molar-refractivity contribution in [2.24, 2.45) is 4.99 Å². The second-order valence-corrected chi connectivity index (χ2v) is 11.9. The first-order chi connectivity index (χ1) is 18.3. The number of benzene rings is 3. The van der Waals surface area contributed by atoms with Crippen molar-refractivity contribution in [2.75, 3.05) is 11.9 Å². The van der Waals surface area contributed by atoms with Crippen LogP contribution in [0.3, 0.4) is 0 Å². The normalized spacial score (nSPS) is 14.3. The van der Waals surface area contributed by atoms with Crippen LogP contribution < -0.4 is 10.1 Å². The average molecular weight is 547 g/mol. The van der Waals surface area contributed by atoms with E-state index in [0.717, 1.165) is 15.8 Å². The Labute approximate surface area is 224 Å². The summed E-state index contributed by atoms with van der Waals surface area (Å²) in [6.45, 7) is 6.43. The number of aromatic nitrogens is 1. The SMILES string of the molecule is C=CCn1c(=NC(=O)c2ccc(S(=O)(=O)N3CCc4ccccc4C3)cc2)sc2cc(NC(C)=O)ccc21. The lowest BCUT2D eigenvalue weighted by Gasteiger charge is -2.28. The van der Waals surface area contributed by atoms with Crippen LogP contribution in [0.2, 0.25) is 0 Å². The van der Waals surface area contributed by atoms with Crippen LogP contribution >= 0.6 is 11.3 Å². The predicted molar refractivity (Wildman–Crippen MR) is 148 cm³/mol. The number of sulfonamides is 1. The molecule has 8 nitrogen and oxygen atoms in total. The third-order valence-electron chi connectivity index (χ3n) is 6.35. The number of fused-ring (bicyclic) bond motifs is 2. The molecule has 0 radical (unpaired) electrons. The molecule has 10 heteroatoms. The molecule has 1 aromatic heterocycles. The molecule has 0 fully saturated rings. The van der Waals surface area contributed by atoms with Crippen LogP contribution in [0, 0.1) is 0 Å². The van der Waals surface area contributed by atoms with Gasteiger partial charge in [0.15, 0.2) is 4.80 Å². The number of hydrogen-bond acceptors (Lipinski definition) is 5. The lowest BCUT2D eigenvalue weighted by Crippen LogP contribution is -2.35. The van der Waals surface area contributed by atoms with E-state index in [1.807, 2.05) is 41.0 Å². The molecule has 5 rings (SSSR count). The molecule has 2 amide bonds. The van der Waals surface area contributed by atoms with Crippen LogP contribution in [0.1, 0.15) is 28.4 Å². The zero-order valence-corrected chi connectivity index (χ0v) is 22.4. The van der Waals surface area contributed by atoms with E-state index in [-0.39, 0.29) is 16.4 Å². The fourth-order valence-corrected chi connectivity index (χ4v) is 6.99. The van der Waals surface area contributed by atoms with Gasteiger partial charge in [-0.3, -0.25) is 9.59 Å². The molecule has 0 saturated carbocycles. The average Bonchev–Trinajstić information content (AvgIpc) is 3.24. The van der Waals surface area contributed by atoms with Gasteiger partial charge in [0.2, 0.25) is 15.9 Å². The number of carbonyl (C=O) groups is 2. The maximum atomic E-state index is 13.3. The maximum Gasteiger partial charge on any atom is 0.279 e. The van der Waals surface area contributed by atoms with Crippen molar-refractivity contribution in [3.05, 3.63) is 101 Å². The summed E-state index contributed by atoms with van der Waals surface area (Å²) in [5.41, 5.74) is 3.98. The van der Waals surface area contributed by atoms with Gasteiger partial charge in [-0.05, 0) is 60.0 Å². The number of nitrogens with one attached hydrogen (secondary N) is 1. The Morgan fingerprint density at radius 2 is 1.82 bits per heavy atom. The molecule has 0 spiro atoms. The summed E-state index contributed by atoms with van der Waals surface area (Å²) < 4.78 is 30.7. The Bertz CT molecular complexity index is 1730. The minimum atomic E-state index is -3.70. The molecule has 0 saturated heterocycles. The van der Waals surface area contributed by atoms with Crippen LogP contribution in [-0.4, -0.2) is 35.6 Å². The summed E-state index contributed by atoms with van der Waals surface area (Å²) in [6, 6.07) is 19.3. The predicted octanol–water partition coefficient (Wildman–Crippen LogP) is 4.34. The number of allylic oxidation sites excluding steroid dienone is 1. The highest BCUT2D eigenvalue weighted by Crippen LogP contribution is 2.26. The summed E-state index contributed by atoms with van der Waals surface area (Å²) in [7, 11) is -3.70. The standard InChI is InChI=1S/C28H26N4O4S2/c1-3-15-32-25-13-10-23(29-19(2)33)17-26(25)37-28(32)30-27(34)21-8-11-24(12-9-21)38(35,36)31-16-14-20-6-4-5-7-22(20)18-31/h3-13,17H,1,14-16,18H2,2H3,(H,29,33). The van der Waals surface area contributed by atoms with Gasteiger partial charge in [-0.15, -0.1) is 6.58 Å². The first-order valence-corrected chi connectivity index (χ1v) is 14.3. The number of amides is 2. The van der Waals surface area contributed by atoms with Gasteiger partial charge in [0, 0.05) is 37.8 Å². The Balaban J connectivity index is 1.42. The molecule has 1 N–H and O–H groups in total. The number of nitrogens with zero attached hydrogens (tertiary/aromatic N) is 3. The molecule has 38 heavy (non-hydrogen) atoms. The Morgan fingerprint density at radius 1 is 1.08 bits per heavy atom. The largest absolute Gasteiger partial charge is 0.326 e. The van der Waals surface area contributed by atoms with E-state index in [1.165, 1.54) is 52.4 Å². The van der Waals surface area contributed by atoms with Crippen molar-refractivity contribution >= 4 is 49.1 Å². The Morgan fingerprint density at radius 3 is 2.53 bits per heavy atom. The van der Waals surface area contributed by atoms with Gasteiger partial charge in [0.05, 0.1) is 15.1 Å². The number of thiazole rings is 1. The van der Waals surface area contributed by atoms with E-state index in [4.69, 9.17) is 0 Å². The van der Waals surface area contributed by atoms with Gasteiger partial charge in [0.25, 0.3) is 5.91 Å². The zero-order chi connectivity index (χ0) is 26.9. The van der Waals surface area contributed by atoms with Crippen molar-refractivity contribution in [3.8, 4) is 0 Å². The van der Waals surface area contributed by atoms with Gasteiger partial charge in [0.1, 0.15) is 0 Å². The molecule has 4 aromatic rings. The molecular formula is C28H26N4O4S2. The van der Waals surface area contributed by atoms with E-state index in [2.05, 4.69) is 16.9 Å². The summed E-state index contributed by atoms with van der Waals surface area (Å²) in [5, 5.41) is 2.76. The topological polar surface area (TPSA) is 101 Å². The minimum absolute atomic E-state index is 0.141. The third-order valence-corrected chi connectivity index (χ3v) is 9.25. The Hall–Kier alpha value is -3.86. The lowest BCUT2D eigenvalue weighted by atomic mass is 10.0. The molecule has 1 aliphatic heterocycles. The van der Waals surface area contributed by atoms with Crippen molar-refractivity contribution in [2.45, 2.75) is 31.3 Å². The zero-order valence-electron chi connectivity index (χ0n) is 20.8. The van der Waals surface area contributed by atoms with Crippen LogP contribution in [0.25, 0.3) is 10.2 Å². The molecule has 0 aliphatic carbocycles. The summed E-state index contributed by atoms with van der Waals surface area (Å²) in [5.74, 6) is -0.650. The summed E-state index contributed by atoms with van der Waals surface area (Å²) in [4.78, 5) is 29.4. The highest BCUT2D eigenvalue weighted by molar-refractivity contribution is 7.89. The second-order valence-electron chi connectivity index (χ2n) is 8.95. The molecule has 0 atom stereocenters. The second kappa shape index (κ2) is 10.5. The molecule has 3 aromatic carbocycles. The highest BCUT2D eigenvalue weighted by Gasteiger charge is 2.28. The Kier molecular flexibility index (Phi) is 7.11. The third kappa shape index (κ3) is 5.10. The van der Waals surface area contributed by atoms with Crippen LogP contribution in [0.15, 0.2) is 89.3 Å².